The fourth-order valence-electron chi connectivity index (χ4n) is 1.14. The molecule has 0 radical (unpaired) electrons. The van der Waals surface area contributed by atoms with Crippen LogP contribution in [-0.2, 0) is 0 Å². The lowest BCUT2D eigenvalue weighted by Crippen LogP contribution is -2.00. The Kier molecular flexibility index (Phi) is 3.19. The number of hydrogen-bond donors (Lipinski definition) is 0. The number of rotatable bonds is 2. The largest absolute Gasteiger partial charge is 0.288 e. The third kappa shape index (κ3) is 2.27. The zero-order valence-corrected chi connectivity index (χ0v) is 10.6. The summed E-state index contributed by atoms with van der Waals surface area (Å²) in [6.45, 7) is 0. The van der Waals surface area contributed by atoms with Crippen LogP contribution < -0.4 is 0 Å². The van der Waals surface area contributed by atoms with Gasteiger partial charge in [0.25, 0.3) is 0 Å². The van der Waals surface area contributed by atoms with Gasteiger partial charge in [-0.05, 0) is 29.7 Å². The molecular weight excluding hydrogens is 298 g/mol. The second-order valence-electron chi connectivity index (χ2n) is 2.87. The van der Waals surface area contributed by atoms with Crippen LogP contribution in [0.1, 0.15) is 15.9 Å². The van der Waals surface area contributed by atoms with E-state index in [0.29, 0.717) is 16.1 Å². The summed E-state index contributed by atoms with van der Waals surface area (Å²) in [4.78, 5) is 12.0. The van der Waals surface area contributed by atoms with Crippen molar-refractivity contribution in [2.24, 2.45) is 0 Å². The molecule has 0 aliphatic rings. The van der Waals surface area contributed by atoms with Crippen LogP contribution in [-0.4, -0.2) is 10.2 Å². The molecule has 0 amide bonds. The van der Waals surface area contributed by atoms with Gasteiger partial charge < -0.3 is 0 Å². The normalized spacial score (nSPS) is 10.3. The molecule has 0 unspecified atom stereocenters. The highest BCUT2D eigenvalue weighted by Gasteiger charge is 2.13. The first-order chi connectivity index (χ1) is 7.18. The molecule has 0 saturated carbocycles. The van der Waals surface area contributed by atoms with Crippen LogP contribution in [0.25, 0.3) is 0 Å². The SMILES string of the molecule is O=C(c1cnsc1)c1cc(Cl)ccc1Br. The van der Waals surface area contributed by atoms with Gasteiger partial charge in [0.05, 0.1) is 11.8 Å². The average Bonchev–Trinajstić information content (AvgIpc) is 2.74. The van der Waals surface area contributed by atoms with Crippen LogP contribution in [0.5, 0.6) is 0 Å². The molecule has 0 spiro atoms. The van der Waals surface area contributed by atoms with E-state index in [1.54, 1.807) is 29.8 Å². The third-order valence-electron chi connectivity index (χ3n) is 1.87. The van der Waals surface area contributed by atoms with Crippen molar-refractivity contribution in [1.82, 2.24) is 4.37 Å². The minimum atomic E-state index is -0.0712. The van der Waals surface area contributed by atoms with Gasteiger partial charge in [0.2, 0.25) is 0 Å². The minimum Gasteiger partial charge on any atom is -0.288 e. The minimum absolute atomic E-state index is 0.0712. The Hall–Kier alpha value is -0.710. The Morgan fingerprint density at radius 1 is 1.47 bits per heavy atom. The Morgan fingerprint density at radius 2 is 2.27 bits per heavy atom. The summed E-state index contributed by atoms with van der Waals surface area (Å²) < 4.78 is 4.63. The van der Waals surface area contributed by atoms with E-state index in [9.17, 15) is 4.79 Å². The summed E-state index contributed by atoms with van der Waals surface area (Å²) in [5, 5.41) is 2.26. The molecule has 1 heterocycles. The van der Waals surface area contributed by atoms with Gasteiger partial charge in [-0.3, -0.25) is 4.79 Å². The van der Waals surface area contributed by atoms with Gasteiger partial charge in [-0.25, -0.2) is 4.37 Å². The van der Waals surface area contributed by atoms with Gasteiger partial charge >= 0.3 is 0 Å². The molecule has 0 bridgehead atoms. The van der Waals surface area contributed by atoms with Crippen LogP contribution >= 0.6 is 39.1 Å². The Labute approximate surface area is 104 Å². The van der Waals surface area contributed by atoms with E-state index >= 15 is 0 Å². The molecule has 76 valence electrons. The number of hydrogen-bond acceptors (Lipinski definition) is 3. The van der Waals surface area contributed by atoms with Crippen molar-refractivity contribution in [2.75, 3.05) is 0 Å². The predicted molar refractivity (Wildman–Crippen MR) is 64.7 cm³/mol. The van der Waals surface area contributed by atoms with Crippen LogP contribution in [0.3, 0.4) is 0 Å². The van der Waals surface area contributed by atoms with E-state index in [2.05, 4.69) is 20.3 Å². The Balaban J connectivity index is 2.46. The molecule has 0 saturated heterocycles. The maximum Gasteiger partial charge on any atom is 0.196 e. The highest BCUT2D eigenvalue weighted by atomic mass is 79.9. The topological polar surface area (TPSA) is 30.0 Å². The second kappa shape index (κ2) is 4.43. The second-order valence-corrected chi connectivity index (χ2v) is 4.81. The molecule has 2 aromatic rings. The molecule has 2 rings (SSSR count). The average molecular weight is 303 g/mol. The predicted octanol–water partition coefficient (Wildman–Crippen LogP) is 3.79. The lowest BCUT2D eigenvalue weighted by Gasteiger charge is -2.01. The monoisotopic (exact) mass is 301 g/mol. The van der Waals surface area contributed by atoms with Gasteiger partial charge in [-0.15, -0.1) is 0 Å². The van der Waals surface area contributed by atoms with Crippen molar-refractivity contribution >= 4 is 44.8 Å². The summed E-state index contributed by atoms with van der Waals surface area (Å²) in [6.07, 6.45) is 1.56. The first kappa shape index (κ1) is 10.8. The number of aromatic nitrogens is 1. The third-order valence-corrected chi connectivity index (χ3v) is 3.38. The first-order valence-electron chi connectivity index (χ1n) is 4.07. The molecule has 15 heavy (non-hydrogen) atoms. The molecule has 1 aromatic heterocycles. The summed E-state index contributed by atoms with van der Waals surface area (Å²) in [5.41, 5.74) is 1.14. The Morgan fingerprint density at radius 3 is 2.93 bits per heavy atom. The van der Waals surface area contributed by atoms with Gasteiger partial charge in [-0.2, -0.15) is 0 Å². The molecule has 0 atom stereocenters. The fraction of sp³-hybridized carbons (Fsp3) is 0. The van der Waals surface area contributed by atoms with Crippen molar-refractivity contribution in [1.29, 1.82) is 0 Å². The zero-order chi connectivity index (χ0) is 10.8. The van der Waals surface area contributed by atoms with Gasteiger partial charge in [0.1, 0.15) is 0 Å². The summed E-state index contributed by atoms with van der Waals surface area (Å²) in [5.74, 6) is -0.0712. The maximum absolute atomic E-state index is 12.0. The molecule has 0 aliphatic heterocycles. The summed E-state index contributed by atoms with van der Waals surface area (Å²) in [7, 11) is 0. The van der Waals surface area contributed by atoms with Crippen molar-refractivity contribution < 1.29 is 4.79 Å². The van der Waals surface area contributed by atoms with E-state index in [1.807, 2.05) is 0 Å². The highest BCUT2D eigenvalue weighted by Crippen LogP contribution is 2.23. The number of carbonyl (C=O) groups excluding carboxylic acids is 1. The molecule has 0 N–H and O–H groups in total. The Bertz CT molecular complexity index is 498. The maximum atomic E-state index is 12.0. The van der Waals surface area contributed by atoms with Crippen molar-refractivity contribution in [3.8, 4) is 0 Å². The molecular formula is C10H5BrClNOS. The summed E-state index contributed by atoms with van der Waals surface area (Å²) in [6, 6.07) is 5.13. The van der Waals surface area contributed by atoms with E-state index < -0.39 is 0 Å². The number of halogens is 2. The van der Waals surface area contributed by atoms with E-state index in [4.69, 9.17) is 11.6 Å². The first-order valence-corrected chi connectivity index (χ1v) is 6.08. The van der Waals surface area contributed by atoms with Gasteiger partial charge in [0, 0.05) is 20.4 Å². The van der Waals surface area contributed by atoms with E-state index in [-0.39, 0.29) is 5.78 Å². The molecule has 5 heteroatoms. The lowest BCUT2D eigenvalue weighted by atomic mass is 10.1. The lowest BCUT2D eigenvalue weighted by molar-refractivity contribution is 0.103. The van der Waals surface area contributed by atoms with Crippen LogP contribution in [0, 0.1) is 0 Å². The van der Waals surface area contributed by atoms with Crippen LogP contribution in [0.2, 0.25) is 5.02 Å². The van der Waals surface area contributed by atoms with Crippen molar-refractivity contribution in [3.63, 3.8) is 0 Å². The van der Waals surface area contributed by atoms with E-state index in [0.717, 1.165) is 4.47 Å². The molecule has 2 nitrogen and oxygen atoms in total. The van der Waals surface area contributed by atoms with Crippen molar-refractivity contribution in [3.05, 3.63) is 50.4 Å². The number of nitrogens with zero attached hydrogens (tertiary/aromatic N) is 1. The van der Waals surface area contributed by atoms with E-state index in [1.165, 1.54) is 11.5 Å². The van der Waals surface area contributed by atoms with Crippen LogP contribution in [0.4, 0.5) is 0 Å². The fourth-order valence-corrected chi connectivity index (χ4v) is 2.26. The smallest absolute Gasteiger partial charge is 0.196 e. The molecule has 1 aromatic carbocycles. The molecule has 0 fully saturated rings. The molecule has 0 aliphatic carbocycles. The number of carbonyl (C=O) groups is 1. The van der Waals surface area contributed by atoms with Crippen LogP contribution in [0.15, 0.2) is 34.2 Å². The standard InChI is InChI=1S/C10H5BrClNOS/c11-9-2-1-7(12)3-8(9)10(14)6-4-13-15-5-6/h1-5H. The zero-order valence-electron chi connectivity index (χ0n) is 7.41. The highest BCUT2D eigenvalue weighted by molar-refractivity contribution is 9.10. The van der Waals surface area contributed by atoms with Crippen molar-refractivity contribution in [2.45, 2.75) is 0 Å². The number of ketones is 1. The van der Waals surface area contributed by atoms with Gasteiger partial charge in [-0.1, -0.05) is 27.5 Å². The number of benzene rings is 1. The van der Waals surface area contributed by atoms with Gasteiger partial charge in [0.15, 0.2) is 5.78 Å². The quantitative estimate of drug-likeness (QED) is 0.790. The summed E-state index contributed by atoms with van der Waals surface area (Å²) >= 11 is 10.4.